The van der Waals surface area contributed by atoms with Gasteiger partial charge in [-0.3, -0.25) is 9.59 Å². The van der Waals surface area contributed by atoms with Crippen LogP contribution < -0.4 is 10.6 Å². The standard InChI is InChI=1S/C36H45N3O4/c1-7-9-10-11-12-15-24-39(34(41)26(3)37-35(42)43-36(4,5)6)32(29-20-18-27(8-2)19-21-29)33(40)38-31-23-22-28-16-13-14-17-30(28)25-31/h2,13-14,16-23,25-26,32H,7,9-12,15,24H2,1,3-6H3,(H,37,42)(H,38,40). The molecule has 3 rings (SSSR count). The van der Waals surface area contributed by atoms with Gasteiger partial charge in [-0.15, -0.1) is 6.42 Å². The highest BCUT2D eigenvalue weighted by molar-refractivity contribution is 6.00. The first-order valence-electron chi connectivity index (χ1n) is 15.2. The summed E-state index contributed by atoms with van der Waals surface area (Å²) in [5.41, 5.74) is 1.21. The van der Waals surface area contributed by atoms with Crippen LogP contribution in [-0.2, 0) is 14.3 Å². The number of rotatable bonds is 13. The molecule has 0 radical (unpaired) electrons. The van der Waals surface area contributed by atoms with Gasteiger partial charge in [-0.25, -0.2) is 4.79 Å². The zero-order chi connectivity index (χ0) is 31.4. The van der Waals surface area contributed by atoms with Gasteiger partial charge in [0, 0.05) is 17.8 Å². The van der Waals surface area contributed by atoms with Crippen molar-refractivity contribution in [3.63, 3.8) is 0 Å². The molecule has 0 aromatic heterocycles. The van der Waals surface area contributed by atoms with Crippen LogP contribution in [0.15, 0.2) is 66.7 Å². The van der Waals surface area contributed by atoms with Crippen LogP contribution >= 0.6 is 0 Å². The number of amides is 3. The van der Waals surface area contributed by atoms with Crippen molar-refractivity contribution in [2.75, 3.05) is 11.9 Å². The third-order valence-corrected chi connectivity index (χ3v) is 7.11. The Bertz CT molecular complexity index is 1420. The molecule has 0 saturated heterocycles. The molecule has 0 aliphatic heterocycles. The third kappa shape index (κ3) is 10.2. The van der Waals surface area contributed by atoms with E-state index in [1.165, 1.54) is 0 Å². The zero-order valence-electron chi connectivity index (χ0n) is 26.1. The quantitative estimate of drug-likeness (QED) is 0.160. The second kappa shape index (κ2) is 15.8. The number of nitrogens with zero attached hydrogens (tertiary/aromatic N) is 1. The lowest BCUT2D eigenvalue weighted by molar-refractivity contribution is -0.140. The molecule has 2 atom stereocenters. The van der Waals surface area contributed by atoms with E-state index in [1.807, 2.05) is 42.5 Å². The molecular formula is C36H45N3O4. The lowest BCUT2D eigenvalue weighted by Crippen LogP contribution is -2.51. The fourth-order valence-electron chi connectivity index (χ4n) is 4.94. The average Bonchev–Trinajstić information content (AvgIpc) is 2.97. The van der Waals surface area contributed by atoms with Crippen LogP contribution in [0.1, 0.15) is 90.3 Å². The summed E-state index contributed by atoms with van der Waals surface area (Å²) in [6.45, 7) is 9.41. The minimum Gasteiger partial charge on any atom is -0.444 e. The van der Waals surface area contributed by atoms with Crippen LogP contribution in [0.5, 0.6) is 0 Å². The SMILES string of the molecule is C#Cc1ccc(C(C(=O)Nc2ccc3ccccc3c2)N(CCCCCCCC)C(=O)C(C)NC(=O)OC(C)(C)C)cc1. The number of anilines is 1. The number of carbonyl (C=O) groups is 3. The molecule has 0 aliphatic carbocycles. The third-order valence-electron chi connectivity index (χ3n) is 7.11. The van der Waals surface area contributed by atoms with Crippen LogP contribution in [0.25, 0.3) is 10.8 Å². The number of nitrogens with one attached hydrogen (secondary N) is 2. The van der Waals surface area contributed by atoms with Crippen molar-refractivity contribution in [1.82, 2.24) is 10.2 Å². The summed E-state index contributed by atoms with van der Waals surface area (Å²) in [6.07, 6.45) is 11.0. The molecule has 43 heavy (non-hydrogen) atoms. The predicted octanol–water partition coefficient (Wildman–Crippen LogP) is 7.60. The Morgan fingerprint density at radius 2 is 1.56 bits per heavy atom. The molecule has 228 valence electrons. The molecule has 2 unspecified atom stereocenters. The van der Waals surface area contributed by atoms with Crippen LogP contribution in [0.2, 0.25) is 0 Å². The fraction of sp³-hybridized carbons (Fsp3) is 0.417. The molecule has 3 amide bonds. The van der Waals surface area contributed by atoms with Gasteiger partial charge >= 0.3 is 6.09 Å². The number of hydrogen-bond acceptors (Lipinski definition) is 4. The molecule has 0 bridgehead atoms. The number of fused-ring (bicyclic) bond motifs is 1. The lowest BCUT2D eigenvalue weighted by Gasteiger charge is -2.34. The monoisotopic (exact) mass is 583 g/mol. The Kier molecular flexibility index (Phi) is 12.2. The topological polar surface area (TPSA) is 87.7 Å². The molecule has 3 aromatic carbocycles. The highest BCUT2D eigenvalue weighted by Crippen LogP contribution is 2.27. The maximum absolute atomic E-state index is 14.1. The number of carbonyl (C=O) groups excluding carboxylic acids is 3. The molecule has 0 saturated carbocycles. The summed E-state index contributed by atoms with van der Waals surface area (Å²) in [7, 11) is 0. The first-order chi connectivity index (χ1) is 20.5. The maximum atomic E-state index is 14.1. The Balaban J connectivity index is 1.95. The summed E-state index contributed by atoms with van der Waals surface area (Å²) in [6, 6.07) is 18.9. The molecule has 3 aromatic rings. The van der Waals surface area contributed by atoms with Crippen LogP contribution in [0, 0.1) is 12.3 Å². The normalized spacial score (nSPS) is 12.6. The van der Waals surface area contributed by atoms with Crippen molar-refractivity contribution in [3.8, 4) is 12.3 Å². The predicted molar refractivity (Wildman–Crippen MR) is 174 cm³/mol. The van der Waals surface area contributed by atoms with Gasteiger partial charge in [0.2, 0.25) is 5.91 Å². The van der Waals surface area contributed by atoms with Gasteiger partial charge < -0.3 is 20.3 Å². The van der Waals surface area contributed by atoms with Crippen molar-refractivity contribution < 1.29 is 19.1 Å². The van der Waals surface area contributed by atoms with Gasteiger partial charge in [-0.2, -0.15) is 0 Å². The van der Waals surface area contributed by atoms with Crippen molar-refractivity contribution in [1.29, 1.82) is 0 Å². The van der Waals surface area contributed by atoms with Gasteiger partial charge in [0.25, 0.3) is 5.91 Å². The van der Waals surface area contributed by atoms with Crippen molar-refractivity contribution in [2.24, 2.45) is 0 Å². The van der Waals surface area contributed by atoms with Crippen LogP contribution in [0.3, 0.4) is 0 Å². The zero-order valence-corrected chi connectivity index (χ0v) is 26.1. The number of hydrogen-bond donors (Lipinski definition) is 2. The van der Waals surface area contributed by atoms with Crippen molar-refractivity contribution in [3.05, 3.63) is 77.9 Å². The van der Waals surface area contributed by atoms with Crippen LogP contribution in [0.4, 0.5) is 10.5 Å². The Labute approximate surface area is 256 Å². The van der Waals surface area contributed by atoms with Crippen molar-refractivity contribution >= 4 is 34.4 Å². The maximum Gasteiger partial charge on any atom is 0.408 e. The van der Waals surface area contributed by atoms with Gasteiger partial charge in [0.1, 0.15) is 17.7 Å². The number of benzene rings is 3. The molecule has 0 aliphatic rings. The van der Waals surface area contributed by atoms with E-state index < -0.39 is 23.8 Å². The van der Waals surface area contributed by atoms with Gasteiger partial charge in [-0.1, -0.05) is 87.4 Å². The molecule has 0 heterocycles. The second-order valence-electron chi connectivity index (χ2n) is 11.9. The molecule has 2 N–H and O–H groups in total. The van der Waals surface area contributed by atoms with E-state index in [1.54, 1.807) is 56.9 Å². The van der Waals surface area contributed by atoms with E-state index in [4.69, 9.17) is 11.2 Å². The Morgan fingerprint density at radius 1 is 0.907 bits per heavy atom. The van der Waals surface area contributed by atoms with E-state index in [0.29, 0.717) is 23.4 Å². The Hall–Kier alpha value is -4.31. The fourth-order valence-corrected chi connectivity index (χ4v) is 4.94. The molecule has 0 spiro atoms. The summed E-state index contributed by atoms with van der Waals surface area (Å²) in [4.78, 5) is 42.2. The number of terminal acetylenes is 1. The van der Waals surface area contributed by atoms with E-state index in [0.717, 1.165) is 49.3 Å². The van der Waals surface area contributed by atoms with E-state index >= 15 is 0 Å². The van der Waals surface area contributed by atoms with Gasteiger partial charge in [-0.05, 0) is 74.7 Å². The molecule has 0 fully saturated rings. The first-order valence-corrected chi connectivity index (χ1v) is 15.2. The number of ether oxygens (including phenoxy) is 1. The molecule has 7 heteroatoms. The first kappa shape index (κ1) is 33.2. The minimum atomic E-state index is -0.954. The summed E-state index contributed by atoms with van der Waals surface area (Å²) < 4.78 is 5.39. The highest BCUT2D eigenvalue weighted by Gasteiger charge is 2.34. The molecular weight excluding hydrogens is 538 g/mol. The minimum absolute atomic E-state index is 0.345. The number of unbranched alkanes of at least 4 members (excludes halogenated alkanes) is 5. The second-order valence-corrected chi connectivity index (χ2v) is 11.9. The van der Waals surface area contributed by atoms with E-state index in [9.17, 15) is 14.4 Å². The van der Waals surface area contributed by atoms with Crippen LogP contribution in [-0.4, -0.2) is 41.0 Å². The smallest absolute Gasteiger partial charge is 0.408 e. The van der Waals surface area contributed by atoms with Gasteiger partial charge in [0.05, 0.1) is 0 Å². The largest absolute Gasteiger partial charge is 0.444 e. The summed E-state index contributed by atoms with van der Waals surface area (Å²) in [5.74, 6) is 1.88. The Morgan fingerprint density at radius 3 is 2.21 bits per heavy atom. The van der Waals surface area contributed by atoms with E-state index in [-0.39, 0.29) is 11.8 Å². The van der Waals surface area contributed by atoms with E-state index in [2.05, 4.69) is 23.5 Å². The average molecular weight is 584 g/mol. The number of alkyl carbamates (subject to hydrolysis) is 1. The lowest BCUT2D eigenvalue weighted by atomic mass is 10.0. The summed E-state index contributed by atoms with van der Waals surface area (Å²) >= 11 is 0. The van der Waals surface area contributed by atoms with Gasteiger partial charge in [0.15, 0.2) is 0 Å². The highest BCUT2D eigenvalue weighted by atomic mass is 16.6. The summed E-state index contributed by atoms with van der Waals surface area (Å²) in [5, 5.41) is 7.75. The van der Waals surface area contributed by atoms with Crippen molar-refractivity contribution in [2.45, 2.75) is 90.8 Å². The molecule has 7 nitrogen and oxygen atoms in total.